The monoisotopic (exact) mass is 477 g/mol. The van der Waals surface area contributed by atoms with Gasteiger partial charge in [0.1, 0.15) is 12.1 Å². The number of halogens is 2. The first-order chi connectivity index (χ1) is 16.1. The minimum atomic E-state index is -0.727. The Bertz CT molecular complexity index is 1180. The lowest BCUT2D eigenvalue weighted by Crippen LogP contribution is -2.20. The van der Waals surface area contributed by atoms with E-state index in [1.54, 1.807) is 24.4 Å². The second-order valence-corrected chi connectivity index (χ2v) is 8.11. The zero-order valence-electron chi connectivity index (χ0n) is 17.9. The van der Waals surface area contributed by atoms with Crippen molar-refractivity contribution in [3.05, 3.63) is 113 Å². The molecule has 3 aromatic carbocycles. The summed E-state index contributed by atoms with van der Waals surface area (Å²) in [6.07, 6.45) is 3.46. The second-order valence-electron chi connectivity index (χ2n) is 7.29. The zero-order chi connectivity index (χ0) is 23.2. The molecule has 0 saturated heterocycles. The van der Waals surface area contributed by atoms with Crippen molar-refractivity contribution in [3.8, 4) is 0 Å². The van der Waals surface area contributed by atoms with E-state index in [4.69, 9.17) is 27.9 Å². The van der Waals surface area contributed by atoms with Crippen LogP contribution in [-0.2, 0) is 16.0 Å². The van der Waals surface area contributed by atoms with Gasteiger partial charge in [-0.25, -0.2) is 9.97 Å². The number of ether oxygens (including phenoxy) is 1. The van der Waals surface area contributed by atoms with Crippen LogP contribution in [-0.4, -0.2) is 23.0 Å². The van der Waals surface area contributed by atoms with E-state index in [1.165, 1.54) is 13.4 Å². The lowest BCUT2D eigenvalue weighted by atomic mass is 9.92. The van der Waals surface area contributed by atoms with Crippen molar-refractivity contribution in [1.29, 1.82) is 0 Å². The summed E-state index contributed by atoms with van der Waals surface area (Å²) >= 11 is 12.9. The standard InChI is InChI=1S/C26H21Cl2N3O2/c1-33-26(32)21(24-22(27)13-8-14-23(24)28)15-18-16-29-17-30-25(18)31(19-9-4-2-5-10-19)20-11-6-3-7-12-20/h2-14,16-17,21H,15H2,1H3. The van der Waals surface area contributed by atoms with E-state index in [0.29, 0.717) is 21.4 Å². The third-order valence-electron chi connectivity index (χ3n) is 5.26. The van der Waals surface area contributed by atoms with Crippen LogP contribution < -0.4 is 4.90 Å². The van der Waals surface area contributed by atoms with Gasteiger partial charge in [0, 0.05) is 38.7 Å². The average Bonchev–Trinajstić information content (AvgIpc) is 2.85. The lowest BCUT2D eigenvalue weighted by Gasteiger charge is -2.27. The number of benzene rings is 3. The van der Waals surface area contributed by atoms with Crippen LogP contribution in [0.15, 0.2) is 91.4 Å². The molecule has 0 fully saturated rings. The summed E-state index contributed by atoms with van der Waals surface area (Å²) in [5.41, 5.74) is 3.12. The number of hydrogen-bond acceptors (Lipinski definition) is 5. The molecule has 4 aromatic rings. The van der Waals surface area contributed by atoms with Gasteiger partial charge in [0.15, 0.2) is 0 Å². The largest absolute Gasteiger partial charge is 0.469 e. The first-order valence-corrected chi connectivity index (χ1v) is 11.1. The number of anilines is 3. The molecule has 0 aliphatic rings. The van der Waals surface area contributed by atoms with Crippen LogP contribution >= 0.6 is 23.2 Å². The Morgan fingerprint density at radius 1 is 0.909 bits per heavy atom. The van der Waals surface area contributed by atoms with Crippen molar-refractivity contribution in [2.45, 2.75) is 12.3 Å². The molecular formula is C26H21Cl2N3O2. The van der Waals surface area contributed by atoms with Crippen molar-refractivity contribution in [2.24, 2.45) is 0 Å². The number of methoxy groups -OCH3 is 1. The number of hydrogen-bond donors (Lipinski definition) is 0. The number of aromatic nitrogens is 2. The molecule has 0 spiro atoms. The minimum Gasteiger partial charge on any atom is -0.469 e. The summed E-state index contributed by atoms with van der Waals surface area (Å²) in [6.45, 7) is 0. The fourth-order valence-corrected chi connectivity index (χ4v) is 4.41. The van der Waals surface area contributed by atoms with Gasteiger partial charge in [0.05, 0.1) is 13.0 Å². The molecule has 5 nitrogen and oxygen atoms in total. The van der Waals surface area contributed by atoms with Crippen LogP contribution in [0.3, 0.4) is 0 Å². The molecule has 1 atom stereocenters. The van der Waals surface area contributed by atoms with Crippen LogP contribution in [0.2, 0.25) is 10.0 Å². The first kappa shape index (κ1) is 22.8. The van der Waals surface area contributed by atoms with E-state index in [2.05, 4.69) is 9.97 Å². The SMILES string of the molecule is COC(=O)C(Cc1cncnc1N(c1ccccc1)c1ccccc1)c1c(Cl)cccc1Cl. The van der Waals surface area contributed by atoms with Crippen molar-refractivity contribution >= 4 is 46.4 Å². The number of carbonyl (C=O) groups excluding carboxylic acids is 1. The molecule has 7 heteroatoms. The number of carbonyl (C=O) groups is 1. The van der Waals surface area contributed by atoms with Gasteiger partial charge in [-0.05, 0) is 42.8 Å². The summed E-state index contributed by atoms with van der Waals surface area (Å²) in [5, 5.41) is 0.804. The number of nitrogens with zero attached hydrogens (tertiary/aromatic N) is 3. The molecule has 1 unspecified atom stereocenters. The number of para-hydroxylation sites is 2. The Labute approximate surface area is 202 Å². The minimum absolute atomic E-state index is 0.252. The zero-order valence-corrected chi connectivity index (χ0v) is 19.4. The molecule has 4 rings (SSSR count). The second kappa shape index (κ2) is 10.5. The predicted molar refractivity (Wildman–Crippen MR) is 132 cm³/mol. The van der Waals surface area contributed by atoms with E-state index >= 15 is 0 Å². The summed E-state index contributed by atoms with van der Waals surface area (Å²) < 4.78 is 5.11. The van der Waals surface area contributed by atoms with Crippen LogP contribution in [0.1, 0.15) is 17.0 Å². The van der Waals surface area contributed by atoms with Gasteiger partial charge in [-0.3, -0.25) is 9.69 Å². The highest BCUT2D eigenvalue weighted by molar-refractivity contribution is 6.36. The normalized spacial score (nSPS) is 11.6. The maximum atomic E-state index is 12.8. The molecule has 0 bridgehead atoms. The van der Waals surface area contributed by atoms with E-state index in [-0.39, 0.29) is 6.42 Å². The summed E-state index contributed by atoms with van der Waals surface area (Å²) in [4.78, 5) is 23.7. The topological polar surface area (TPSA) is 55.3 Å². The number of rotatable bonds is 7. The molecule has 0 saturated carbocycles. The fraction of sp³-hybridized carbons (Fsp3) is 0.115. The summed E-state index contributed by atoms with van der Waals surface area (Å²) in [7, 11) is 1.35. The highest BCUT2D eigenvalue weighted by atomic mass is 35.5. The Morgan fingerprint density at radius 3 is 2.03 bits per heavy atom. The quantitative estimate of drug-likeness (QED) is 0.275. The van der Waals surface area contributed by atoms with Crippen LogP contribution in [0, 0.1) is 0 Å². The highest BCUT2D eigenvalue weighted by Gasteiger charge is 2.29. The van der Waals surface area contributed by atoms with Crippen molar-refractivity contribution in [2.75, 3.05) is 12.0 Å². The predicted octanol–water partition coefficient (Wildman–Crippen LogP) is 6.75. The Kier molecular flexibility index (Phi) is 7.23. The molecule has 0 amide bonds. The maximum Gasteiger partial charge on any atom is 0.313 e. The van der Waals surface area contributed by atoms with Gasteiger partial charge in [-0.15, -0.1) is 0 Å². The van der Waals surface area contributed by atoms with Gasteiger partial charge in [-0.1, -0.05) is 65.7 Å². The highest BCUT2D eigenvalue weighted by Crippen LogP contribution is 2.39. The van der Waals surface area contributed by atoms with Gasteiger partial charge in [0.25, 0.3) is 0 Å². The van der Waals surface area contributed by atoms with Crippen molar-refractivity contribution in [1.82, 2.24) is 9.97 Å². The first-order valence-electron chi connectivity index (χ1n) is 10.3. The molecule has 1 aromatic heterocycles. The number of esters is 1. The van der Waals surface area contributed by atoms with Gasteiger partial charge >= 0.3 is 5.97 Å². The smallest absolute Gasteiger partial charge is 0.313 e. The molecule has 33 heavy (non-hydrogen) atoms. The molecular weight excluding hydrogens is 457 g/mol. The summed E-state index contributed by atoms with van der Waals surface area (Å²) in [5.74, 6) is -0.514. The van der Waals surface area contributed by atoms with Crippen LogP contribution in [0.5, 0.6) is 0 Å². The summed E-state index contributed by atoms with van der Waals surface area (Å²) in [6, 6.07) is 24.9. The maximum absolute atomic E-state index is 12.8. The van der Waals surface area contributed by atoms with E-state index in [9.17, 15) is 4.79 Å². The third kappa shape index (κ3) is 5.00. The Balaban J connectivity index is 1.84. The Hall–Kier alpha value is -3.41. The molecule has 166 valence electrons. The third-order valence-corrected chi connectivity index (χ3v) is 5.92. The Morgan fingerprint density at radius 2 is 1.48 bits per heavy atom. The molecule has 0 N–H and O–H groups in total. The van der Waals surface area contributed by atoms with Crippen LogP contribution in [0.25, 0.3) is 0 Å². The van der Waals surface area contributed by atoms with Gasteiger partial charge in [0.2, 0.25) is 0 Å². The van der Waals surface area contributed by atoms with Gasteiger partial charge in [-0.2, -0.15) is 0 Å². The fourth-order valence-electron chi connectivity index (χ4n) is 3.75. The molecule has 0 aliphatic carbocycles. The lowest BCUT2D eigenvalue weighted by molar-refractivity contribution is -0.142. The van der Waals surface area contributed by atoms with Crippen molar-refractivity contribution in [3.63, 3.8) is 0 Å². The van der Waals surface area contributed by atoms with E-state index in [0.717, 1.165) is 16.9 Å². The van der Waals surface area contributed by atoms with E-state index in [1.807, 2.05) is 65.6 Å². The average molecular weight is 478 g/mol. The van der Waals surface area contributed by atoms with E-state index < -0.39 is 11.9 Å². The molecule has 0 radical (unpaired) electrons. The van der Waals surface area contributed by atoms with Crippen LogP contribution in [0.4, 0.5) is 17.2 Å². The molecule has 1 heterocycles. The van der Waals surface area contributed by atoms with Gasteiger partial charge < -0.3 is 4.74 Å². The van der Waals surface area contributed by atoms with Crippen molar-refractivity contribution < 1.29 is 9.53 Å². The molecule has 0 aliphatic heterocycles.